The number of pyridine rings is 1. The summed E-state index contributed by atoms with van der Waals surface area (Å²) in [4.78, 5) is 21.5. The monoisotopic (exact) mass is 594 g/mol. The molecule has 0 bridgehead atoms. The fourth-order valence-corrected chi connectivity index (χ4v) is 3.71. The molecule has 0 radical (unpaired) electrons. The average Bonchev–Trinajstić information content (AvgIpc) is 3.40. The molecular weight excluding hydrogens is 576 g/mol. The Kier molecular flexibility index (Phi) is 9.17. The minimum Gasteiger partial charge on any atom is -0.394 e. The van der Waals surface area contributed by atoms with E-state index in [-0.39, 0.29) is 52.8 Å². The van der Waals surface area contributed by atoms with Gasteiger partial charge in [-0.05, 0) is 36.4 Å². The van der Waals surface area contributed by atoms with Crippen LogP contribution < -0.4 is 11.4 Å². The maximum absolute atomic E-state index is 13.1. The van der Waals surface area contributed by atoms with Crippen LogP contribution in [0.15, 0.2) is 47.4 Å². The van der Waals surface area contributed by atoms with Gasteiger partial charge in [0.05, 0.1) is 24.2 Å². The molecule has 1 aromatic carbocycles. The van der Waals surface area contributed by atoms with E-state index in [9.17, 15) is 28.2 Å². The largest absolute Gasteiger partial charge is 0.416 e. The summed E-state index contributed by atoms with van der Waals surface area (Å²) in [6.07, 6.45) is -6.32. The molecule has 3 aromatic heterocycles. The zero-order chi connectivity index (χ0) is 26.9. The Bertz CT molecular complexity index is 1460. The number of benzene rings is 1. The average molecular weight is 596 g/mol. The number of alkyl halides is 3. The summed E-state index contributed by atoms with van der Waals surface area (Å²) in [5.74, 6) is 0.0988. The Labute approximate surface area is 228 Å². The van der Waals surface area contributed by atoms with Gasteiger partial charge in [-0.3, -0.25) is 4.57 Å². The molecule has 1 unspecified atom stereocenters. The number of aliphatic hydroxyl groups is 2. The summed E-state index contributed by atoms with van der Waals surface area (Å²) >= 11 is 12.1. The molecule has 4 rings (SSSR count). The van der Waals surface area contributed by atoms with E-state index in [2.05, 4.69) is 20.2 Å². The molecule has 4 N–H and O–H groups in total. The fourth-order valence-electron chi connectivity index (χ4n) is 3.38. The first kappa shape index (κ1) is 29.5. The molecule has 17 heteroatoms. The standard InChI is InChI=1S/C21H19Cl2F3N8O3.ClH/c22-12-5-3-11(4-6-12)17-31-33(20(37)32(17)8-15(36)21(24,25)26)9-16-29-19(14(27)10-35)34(30-16)18-13(23)2-1-7-28-18;/h1-7,14-15,35-36H,8-10,27H2;1H/t14?,15-;/m0./s1. The second-order valence-corrected chi connectivity index (χ2v) is 8.68. The lowest BCUT2D eigenvalue weighted by Crippen LogP contribution is -2.37. The van der Waals surface area contributed by atoms with Gasteiger partial charge in [0.15, 0.2) is 29.4 Å². The third-order valence-electron chi connectivity index (χ3n) is 5.19. The number of nitrogens with two attached hydrogens (primary N) is 1. The minimum absolute atomic E-state index is 0. The van der Waals surface area contributed by atoms with Gasteiger partial charge in [0.2, 0.25) is 0 Å². The first-order chi connectivity index (χ1) is 17.5. The number of hydrogen-bond acceptors (Lipinski definition) is 8. The van der Waals surface area contributed by atoms with E-state index < -0.39 is 37.2 Å². The molecule has 38 heavy (non-hydrogen) atoms. The molecule has 3 heterocycles. The highest BCUT2D eigenvalue weighted by molar-refractivity contribution is 6.32. The lowest BCUT2D eigenvalue weighted by Gasteiger charge is -2.15. The third-order valence-corrected chi connectivity index (χ3v) is 5.74. The molecule has 0 spiro atoms. The smallest absolute Gasteiger partial charge is 0.394 e. The quantitative estimate of drug-likeness (QED) is 0.281. The van der Waals surface area contributed by atoms with E-state index in [0.717, 1.165) is 4.68 Å². The second-order valence-electron chi connectivity index (χ2n) is 7.83. The van der Waals surface area contributed by atoms with Gasteiger partial charge in [0, 0.05) is 16.8 Å². The first-order valence-corrected chi connectivity index (χ1v) is 11.4. The van der Waals surface area contributed by atoms with Gasteiger partial charge in [-0.25, -0.2) is 19.4 Å². The Balaban J connectivity index is 0.00000400. The summed E-state index contributed by atoms with van der Waals surface area (Å²) in [7, 11) is 0. The lowest BCUT2D eigenvalue weighted by molar-refractivity contribution is -0.207. The van der Waals surface area contributed by atoms with Crippen LogP contribution >= 0.6 is 35.6 Å². The van der Waals surface area contributed by atoms with Crippen molar-refractivity contribution in [2.45, 2.75) is 31.4 Å². The molecule has 0 aliphatic heterocycles. The Hall–Kier alpha value is -3.01. The van der Waals surface area contributed by atoms with Crippen molar-refractivity contribution in [3.63, 3.8) is 0 Å². The van der Waals surface area contributed by atoms with Gasteiger partial charge >= 0.3 is 11.9 Å². The molecule has 4 aromatic rings. The van der Waals surface area contributed by atoms with Crippen LogP contribution in [0, 0.1) is 0 Å². The molecule has 0 aliphatic rings. The number of aromatic nitrogens is 7. The van der Waals surface area contributed by atoms with Crippen molar-refractivity contribution in [3.8, 4) is 17.2 Å². The normalized spacial score (nSPS) is 13.3. The number of aliphatic hydroxyl groups excluding tert-OH is 2. The topological polar surface area (TPSA) is 150 Å². The SMILES string of the molecule is Cl.NC(CO)c1nc(Cn2nc(-c3ccc(Cl)cc3)n(C[C@H](O)C(F)(F)F)c2=O)nn1-c1ncccc1Cl. The zero-order valence-electron chi connectivity index (χ0n) is 19.1. The highest BCUT2D eigenvalue weighted by Gasteiger charge is 2.39. The molecule has 0 aliphatic carbocycles. The second kappa shape index (κ2) is 11.8. The van der Waals surface area contributed by atoms with Crippen LogP contribution in [0.2, 0.25) is 10.0 Å². The molecule has 0 saturated carbocycles. The van der Waals surface area contributed by atoms with Crippen molar-refractivity contribution in [2.75, 3.05) is 6.61 Å². The van der Waals surface area contributed by atoms with Gasteiger partial charge in [0.1, 0.15) is 6.54 Å². The van der Waals surface area contributed by atoms with E-state index >= 15 is 0 Å². The first-order valence-electron chi connectivity index (χ1n) is 10.6. The Morgan fingerprint density at radius 3 is 2.39 bits per heavy atom. The highest BCUT2D eigenvalue weighted by Crippen LogP contribution is 2.24. The highest BCUT2D eigenvalue weighted by atomic mass is 35.5. The number of nitrogens with zero attached hydrogens (tertiary/aromatic N) is 7. The van der Waals surface area contributed by atoms with Crippen LogP contribution in [0.5, 0.6) is 0 Å². The lowest BCUT2D eigenvalue weighted by atomic mass is 10.2. The predicted molar refractivity (Wildman–Crippen MR) is 134 cm³/mol. The third kappa shape index (κ3) is 6.17. The van der Waals surface area contributed by atoms with Crippen LogP contribution in [0.1, 0.15) is 17.7 Å². The Morgan fingerprint density at radius 1 is 1.11 bits per heavy atom. The van der Waals surface area contributed by atoms with Gasteiger partial charge in [-0.1, -0.05) is 23.2 Å². The molecular formula is C21H20Cl3F3N8O3. The van der Waals surface area contributed by atoms with Crippen LogP contribution in [0.25, 0.3) is 17.2 Å². The van der Waals surface area contributed by atoms with E-state index in [0.29, 0.717) is 9.59 Å². The van der Waals surface area contributed by atoms with Crippen molar-refractivity contribution >= 4 is 35.6 Å². The van der Waals surface area contributed by atoms with E-state index in [1.54, 1.807) is 12.1 Å². The summed E-state index contributed by atoms with van der Waals surface area (Å²) < 4.78 is 42.0. The zero-order valence-corrected chi connectivity index (χ0v) is 21.5. The molecule has 0 saturated heterocycles. The summed E-state index contributed by atoms with van der Waals surface area (Å²) in [6.45, 7) is -1.96. The molecule has 11 nitrogen and oxygen atoms in total. The van der Waals surface area contributed by atoms with E-state index in [4.69, 9.17) is 28.9 Å². The summed E-state index contributed by atoms with van der Waals surface area (Å²) in [5.41, 5.74) is 5.29. The number of rotatable bonds is 8. The van der Waals surface area contributed by atoms with Gasteiger partial charge in [-0.2, -0.15) is 17.9 Å². The minimum atomic E-state index is -4.96. The van der Waals surface area contributed by atoms with Crippen molar-refractivity contribution in [1.29, 1.82) is 0 Å². The van der Waals surface area contributed by atoms with Gasteiger partial charge in [0.25, 0.3) is 0 Å². The number of halogens is 6. The summed E-state index contributed by atoms with van der Waals surface area (Å²) in [6, 6.07) is 8.06. The van der Waals surface area contributed by atoms with Crippen molar-refractivity contribution in [3.05, 3.63) is 74.8 Å². The summed E-state index contributed by atoms with van der Waals surface area (Å²) in [5, 5.41) is 28.2. The van der Waals surface area contributed by atoms with Crippen molar-refractivity contribution < 1.29 is 23.4 Å². The Morgan fingerprint density at radius 2 is 1.79 bits per heavy atom. The van der Waals surface area contributed by atoms with Gasteiger partial charge < -0.3 is 15.9 Å². The number of hydrogen-bond donors (Lipinski definition) is 3. The van der Waals surface area contributed by atoms with Crippen LogP contribution in [0.3, 0.4) is 0 Å². The van der Waals surface area contributed by atoms with Crippen LogP contribution in [-0.2, 0) is 13.1 Å². The molecule has 2 atom stereocenters. The fraction of sp³-hybridized carbons (Fsp3) is 0.286. The maximum atomic E-state index is 13.1. The molecule has 0 fully saturated rings. The molecule has 204 valence electrons. The van der Waals surface area contributed by atoms with Gasteiger partial charge in [-0.15, -0.1) is 22.6 Å². The predicted octanol–water partition coefficient (Wildman–Crippen LogP) is 2.38. The van der Waals surface area contributed by atoms with Crippen molar-refractivity contribution in [2.24, 2.45) is 5.73 Å². The maximum Gasteiger partial charge on any atom is 0.416 e. The van der Waals surface area contributed by atoms with Crippen molar-refractivity contribution in [1.82, 2.24) is 34.1 Å². The van der Waals surface area contributed by atoms with E-state index in [1.807, 2.05) is 0 Å². The van der Waals surface area contributed by atoms with E-state index in [1.165, 1.54) is 35.1 Å². The van der Waals surface area contributed by atoms with Crippen LogP contribution in [0.4, 0.5) is 13.2 Å². The molecule has 0 amide bonds. The van der Waals surface area contributed by atoms with Crippen LogP contribution in [-0.4, -0.2) is 63.2 Å².